The van der Waals surface area contributed by atoms with E-state index in [1.807, 2.05) is 30.3 Å². The molecule has 3 heteroatoms. The first kappa shape index (κ1) is 9.45. The summed E-state index contributed by atoms with van der Waals surface area (Å²) in [7, 11) is 0. The smallest absolute Gasteiger partial charge is 0.124 e. The summed E-state index contributed by atoms with van der Waals surface area (Å²) in [4.78, 5) is 4.21. The number of hydrogen-bond acceptors (Lipinski definition) is 2. The van der Waals surface area contributed by atoms with Crippen molar-refractivity contribution in [3.63, 3.8) is 0 Å². The van der Waals surface area contributed by atoms with Crippen LogP contribution in [0.3, 0.4) is 0 Å². The summed E-state index contributed by atoms with van der Waals surface area (Å²) < 4.78 is 0.939. The van der Waals surface area contributed by atoms with E-state index in [-0.39, 0.29) is 0 Å². The van der Waals surface area contributed by atoms with Gasteiger partial charge in [-0.3, -0.25) is 0 Å². The molecule has 0 aliphatic carbocycles. The molecule has 0 unspecified atom stereocenters. The van der Waals surface area contributed by atoms with Crippen molar-refractivity contribution in [3.8, 4) is 11.1 Å². The average molecular weight is 296 g/mol. The van der Waals surface area contributed by atoms with Gasteiger partial charge in [0.15, 0.2) is 0 Å². The molecule has 0 amide bonds. The first-order chi connectivity index (χ1) is 6.77. The number of hydrogen-bond donors (Lipinski definition) is 1. The fourth-order valence-electron chi connectivity index (χ4n) is 1.28. The maximum atomic E-state index is 5.59. The van der Waals surface area contributed by atoms with Crippen LogP contribution < -0.4 is 5.73 Å². The van der Waals surface area contributed by atoms with Gasteiger partial charge in [-0.2, -0.15) is 0 Å². The van der Waals surface area contributed by atoms with E-state index in [0.29, 0.717) is 5.82 Å². The van der Waals surface area contributed by atoms with Crippen LogP contribution >= 0.6 is 22.6 Å². The topological polar surface area (TPSA) is 38.9 Å². The highest BCUT2D eigenvalue weighted by Gasteiger charge is 2.03. The number of pyridine rings is 1. The molecule has 0 atom stereocenters. The molecule has 0 aliphatic rings. The van der Waals surface area contributed by atoms with E-state index in [2.05, 4.69) is 39.7 Å². The molecule has 0 bridgehead atoms. The Balaban J connectivity index is 2.53. The van der Waals surface area contributed by atoms with Gasteiger partial charge in [-0.05, 0) is 40.3 Å². The monoisotopic (exact) mass is 296 g/mol. The maximum Gasteiger partial charge on any atom is 0.124 e. The first-order valence-electron chi connectivity index (χ1n) is 4.25. The second-order valence-electron chi connectivity index (χ2n) is 2.94. The Morgan fingerprint density at radius 1 is 1.00 bits per heavy atom. The largest absolute Gasteiger partial charge is 0.384 e. The minimum absolute atomic E-state index is 0.564. The van der Waals surface area contributed by atoms with Crippen molar-refractivity contribution < 1.29 is 0 Å². The van der Waals surface area contributed by atoms with Crippen LogP contribution in [0.1, 0.15) is 0 Å². The van der Waals surface area contributed by atoms with E-state index in [0.717, 1.165) is 9.26 Å². The highest BCUT2D eigenvalue weighted by Crippen LogP contribution is 2.24. The zero-order valence-corrected chi connectivity index (χ0v) is 9.60. The van der Waals surface area contributed by atoms with Crippen LogP contribution in [0.4, 0.5) is 5.82 Å². The summed E-state index contributed by atoms with van der Waals surface area (Å²) in [5, 5.41) is 0. The number of rotatable bonds is 1. The lowest BCUT2D eigenvalue weighted by Gasteiger charge is -2.03. The van der Waals surface area contributed by atoms with Gasteiger partial charge in [0.2, 0.25) is 0 Å². The van der Waals surface area contributed by atoms with Crippen LogP contribution in [0.5, 0.6) is 0 Å². The zero-order valence-electron chi connectivity index (χ0n) is 7.44. The zero-order chi connectivity index (χ0) is 9.97. The lowest BCUT2D eigenvalue weighted by atomic mass is 10.1. The van der Waals surface area contributed by atoms with Crippen molar-refractivity contribution in [2.45, 2.75) is 0 Å². The van der Waals surface area contributed by atoms with E-state index in [9.17, 15) is 0 Å². The molecule has 2 N–H and O–H groups in total. The molecule has 2 aromatic rings. The highest BCUT2D eigenvalue weighted by molar-refractivity contribution is 14.1. The third kappa shape index (κ3) is 1.87. The van der Waals surface area contributed by atoms with Crippen molar-refractivity contribution >= 4 is 28.4 Å². The molecular weight excluding hydrogens is 287 g/mol. The predicted molar refractivity (Wildman–Crippen MR) is 66.8 cm³/mol. The lowest BCUT2D eigenvalue weighted by molar-refractivity contribution is 1.28. The highest BCUT2D eigenvalue weighted by atomic mass is 127. The van der Waals surface area contributed by atoms with E-state index in [1.54, 1.807) is 0 Å². The summed E-state index contributed by atoms with van der Waals surface area (Å²) >= 11 is 2.20. The van der Waals surface area contributed by atoms with Gasteiger partial charge < -0.3 is 5.73 Å². The number of nitrogens with two attached hydrogens (primary N) is 1. The summed E-state index contributed by atoms with van der Waals surface area (Å²) in [6.45, 7) is 0. The van der Waals surface area contributed by atoms with Gasteiger partial charge >= 0.3 is 0 Å². The SMILES string of the molecule is Nc1ccc(-c2ccccc2)c(I)n1. The summed E-state index contributed by atoms with van der Waals surface area (Å²) in [6, 6.07) is 14.0. The van der Waals surface area contributed by atoms with Crippen molar-refractivity contribution in [3.05, 3.63) is 46.2 Å². The van der Waals surface area contributed by atoms with E-state index >= 15 is 0 Å². The van der Waals surface area contributed by atoms with Gasteiger partial charge in [-0.15, -0.1) is 0 Å². The second-order valence-corrected chi connectivity index (χ2v) is 3.96. The normalized spacial score (nSPS) is 10.1. The van der Waals surface area contributed by atoms with Crippen molar-refractivity contribution in [2.75, 3.05) is 5.73 Å². The fourth-order valence-corrected chi connectivity index (χ4v) is 2.05. The molecule has 70 valence electrons. The standard InChI is InChI=1S/C11H9IN2/c12-11-9(6-7-10(13)14-11)8-4-2-1-3-5-8/h1-7H,(H2,13,14). The van der Waals surface area contributed by atoms with Gasteiger partial charge in [0.25, 0.3) is 0 Å². The van der Waals surface area contributed by atoms with Gasteiger partial charge in [0.1, 0.15) is 9.52 Å². The quantitative estimate of drug-likeness (QED) is 0.649. The molecule has 1 aromatic carbocycles. The molecule has 0 saturated heterocycles. The average Bonchev–Trinajstić information content (AvgIpc) is 2.19. The first-order valence-corrected chi connectivity index (χ1v) is 5.32. The minimum atomic E-state index is 0.564. The van der Waals surface area contributed by atoms with Crippen LogP contribution in [0.2, 0.25) is 0 Å². The van der Waals surface area contributed by atoms with Gasteiger partial charge in [0, 0.05) is 5.56 Å². The van der Waals surface area contributed by atoms with Gasteiger partial charge in [-0.25, -0.2) is 4.98 Å². The Morgan fingerprint density at radius 3 is 2.36 bits per heavy atom. The van der Waals surface area contributed by atoms with Crippen molar-refractivity contribution in [2.24, 2.45) is 0 Å². The fraction of sp³-hybridized carbons (Fsp3) is 0. The molecule has 0 saturated carbocycles. The van der Waals surface area contributed by atoms with Crippen LogP contribution in [-0.4, -0.2) is 4.98 Å². The molecular formula is C11H9IN2. The van der Waals surface area contributed by atoms with Gasteiger partial charge in [-0.1, -0.05) is 30.3 Å². The Kier molecular flexibility index (Phi) is 2.67. The van der Waals surface area contributed by atoms with Crippen LogP contribution in [0, 0.1) is 3.70 Å². The summed E-state index contributed by atoms with van der Waals surface area (Å²) in [5.74, 6) is 0.564. The van der Waals surface area contributed by atoms with Crippen LogP contribution in [-0.2, 0) is 0 Å². The number of nitrogens with zero attached hydrogens (tertiary/aromatic N) is 1. The molecule has 1 heterocycles. The maximum absolute atomic E-state index is 5.59. The molecule has 2 rings (SSSR count). The number of aromatic nitrogens is 1. The summed E-state index contributed by atoms with van der Waals surface area (Å²) in [5.41, 5.74) is 7.89. The van der Waals surface area contributed by atoms with Crippen molar-refractivity contribution in [1.29, 1.82) is 0 Å². The van der Waals surface area contributed by atoms with E-state index in [4.69, 9.17) is 5.73 Å². The molecule has 0 aliphatic heterocycles. The predicted octanol–water partition coefficient (Wildman–Crippen LogP) is 2.94. The number of benzene rings is 1. The second kappa shape index (κ2) is 3.96. The molecule has 14 heavy (non-hydrogen) atoms. The van der Waals surface area contributed by atoms with Crippen LogP contribution in [0.25, 0.3) is 11.1 Å². The Hall–Kier alpha value is -1.10. The lowest BCUT2D eigenvalue weighted by Crippen LogP contribution is -1.93. The minimum Gasteiger partial charge on any atom is -0.384 e. The summed E-state index contributed by atoms with van der Waals surface area (Å²) in [6.07, 6.45) is 0. The third-order valence-corrected chi connectivity index (χ3v) is 2.78. The molecule has 2 nitrogen and oxygen atoms in total. The van der Waals surface area contributed by atoms with Gasteiger partial charge in [0.05, 0.1) is 0 Å². The molecule has 0 fully saturated rings. The third-order valence-electron chi connectivity index (χ3n) is 1.96. The van der Waals surface area contributed by atoms with Crippen LogP contribution in [0.15, 0.2) is 42.5 Å². The number of halogens is 1. The molecule has 0 spiro atoms. The van der Waals surface area contributed by atoms with E-state index in [1.165, 1.54) is 5.56 Å². The van der Waals surface area contributed by atoms with E-state index < -0.39 is 0 Å². The van der Waals surface area contributed by atoms with Crippen molar-refractivity contribution in [1.82, 2.24) is 4.98 Å². The number of nitrogen functional groups attached to an aromatic ring is 1. The Labute approximate surface area is 96.3 Å². The Bertz CT molecular complexity index is 440. The molecule has 1 aromatic heterocycles. The number of anilines is 1. The molecule has 0 radical (unpaired) electrons. The Morgan fingerprint density at radius 2 is 1.71 bits per heavy atom.